The maximum absolute atomic E-state index is 10.7. The van der Waals surface area contributed by atoms with Crippen molar-refractivity contribution in [1.29, 1.82) is 0 Å². The van der Waals surface area contributed by atoms with Crippen LogP contribution in [0.5, 0.6) is 11.5 Å². The third-order valence-electron chi connectivity index (χ3n) is 3.31. The van der Waals surface area contributed by atoms with Crippen molar-refractivity contribution >= 4 is 5.69 Å². The first-order valence-electron chi connectivity index (χ1n) is 6.16. The molecule has 0 N–H and O–H groups in total. The van der Waals surface area contributed by atoms with E-state index in [4.69, 9.17) is 9.47 Å². The van der Waals surface area contributed by atoms with E-state index in [1.165, 1.54) is 44.9 Å². The molecule has 1 aliphatic carbocycles. The summed E-state index contributed by atoms with van der Waals surface area (Å²) in [6.45, 7) is 0.609. The van der Waals surface area contributed by atoms with Crippen LogP contribution in [0.4, 0.5) is 5.69 Å². The average Bonchev–Trinajstić information content (AvgIpc) is 2.89. The first kappa shape index (κ1) is 12.7. The van der Waals surface area contributed by atoms with Crippen LogP contribution in [-0.4, -0.2) is 18.6 Å². The second-order valence-electron chi connectivity index (χ2n) is 4.55. The minimum absolute atomic E-state index is 0.0252. The second-order valence-corrected chi connectivity index (χ2v) is 4.55. The number of rotatable bonds is 5. The standard InChI is InChI=1S/C13H17NO4/c1-17-12-7-6-11(14(15)16)8-13(12)18-9-10-4-2-3-5-10/h6-8,10H,2-5,9H2,1H3. The molecule has 1 saturated carbocycles. The Hall–Kier alpha value is -1.78. The van der Waals surface area contributed by atoms with Crippen molar-refractivity contribution in [2.75, 3.05) is 13.7 Å². The van der Waals surface area contributed by atoms with Crippen LogP contribution in [-0.2, 0) is 0 Å². The van der Waals surface area contributed by atoms with E-state index in [9.17, 15) is 10.1 Å². The van der Waals surface area contributed by atoms with E-state index in [1.54, 1.807) is 6.07 Å². The molecule has 0 bridgehead atoms. The summed E-state index contributed by atoms with van der Waals surface area (Å²) in [5.41, 5.74) is 0.0252. The molecule has 1 aromatic rings. The fourth-order valence-electron chi connectivity index (χ4n) is 2.28. The van der Waals surface area contributed by atoms with Crippen molar-refractivity contribution in [1.82, 2.24) is 0 Å². The molecule has 5 nitrogen and oxygen atoms in total. The third-order valence-corrected chi connectivity index (χ3v) is 3.31. The van der Waals surface area contributed by atoms with E-state index in [0.29, 0.717) is 24.0 Å². The second kappa shape index (κ2) is 5.71. The minimum Gasteiger partial charge on any atom is -0.493 e. The first-order chi connectivity index (χ1) is 8.70. The normalized spacial score (nSPS) is 15.6. The highest BCUT2D eigenvalue weighted by molar-refractivity contribution is 5.48. The maximum Gasteiger partial charge on any atom is 0.273 e. The van der Waals surface area contributed by atoms with Gasteiger partial charge < -0.3 is 9.47 Å². The van der Waals surface area contributed by atoms with Gasteiger partial charge in [-0.2, -0.15) is 0 Å². The van der Waals surface area contributed by atoms with E-state index in [-0.39, 0.29) is 5.69 Å². The van der Waals surface area contributed by atoms with Gasteiger partial charge in [-0.1, -0.05) is 12.8 Å². The van der Waals surface area contributed by atoms with Gasteiger partial charge in [0.15, 0.2) is 11.5 Å². The van der Waals surface area contributed by atoms with Crippen LogP contribution in [0.25, 0.3) is 0 Å². The van der Waals surface area contributed by atoms with Gasteiger partial charge in [0.05, 0.1) is 24.7 Å². The minimum atomic E-state index is -0.429. The topological polar surface area (TPSA) is 61.6 Å². The summed E-state index contributed by atoms with van der Waals surface area (Å²) in [6, 6.07) is 4.41. The summed E-state index contributed by atoms with van der Waals surface area (Å²) >= 11 is 0. The molecule has 0 radical (unpaired) electrons. The smallest absolute Gasteiger partial charge is 0.273 e. The highest BCUT2D eigenvalue weighted by Gasteiger charge is 2.18. The molecule has 0 amide bonds. The fourth-order valence-corrected chi connectivity index (χ4v) is 2.28. The van der Waals surface area contributed by atoms with Crippen LogP contribution in [0.15, 0.2) is 18.2 Å². The lowest BCUT2D eigenvalue weighted by atomic mass is 10.1. The van der Waals surface area contributed by atoms with Crippen LogP contribution in [0.3, 0.4) is 0 Å². The van der Waals surface area contributed by atoms with Crippen LogP contribution >= 0.6 is 0 Å². The number of methoxy groups -OCH3 is 1. The first-order valence-corrected chi connectivity index (χ1v) is 6.16. The summed E-state index contributed by atoms with van der Waals surface area (Å²) in [4.78, 5) is 10.3. The van der Waals surface area contributed by atoms with Crippen molar-refractivity contribution in [3.63, 3.8) is 0 Å². The summed E-state index contributed by atoms with van der Waals surface area (Å²) < 4.78 is 10.8. The average molecular weight is 251 g/mol. The molecule has 0 aromatic heterocycles. The van der Waals surface area contributed by atoms with Crippen LogP contribution in [0.2, 0.25) is 0 Å². The van der Waals surface area contributed by atoms with E-state index < -0.39 is 4.92 Å². The Kier molecular flexibility index (Phi) is 4.02. The highest BCUT2D eigenvalue weighted by atomic mass is 16.6. The predicted octanol–water partition coefficient (Wildman–Crippen LogP) is 3.17. The summed E-state index contributed by atoms with van der Waals surface area (Å²) in [7, 11) is 1.53. The lowest BCUT2D eigenvalue weighted by Gasteiger charge is -2.13. The Morgan fingerprint density at radius 2 is 2.06 bits per heavy atom. The SMILES string of the molecule is COc1ccc([N+](=O)[O-])cc1OCC1CCCC1. The summed E-state index contributed by atoms with van der Waals surface area (Å²) in [5, 5.41) is 10.7. The fraction of sp³-hybridized carbons (Fsp3) is 0.538. The zero-order chi connectivity index (χ0) is 13.0. The molecule has 5 heteroatoms. The molecule has 1 fully saturated rings. The summed E-state index contributed by atoms with van der Waals surface area (Å²) in [5.74, 6) is 1.56. The van der Waals surface area contributed by atoms with Crippen molar-refractivity contribution in [3.8, 4) is 11.5 Å². The van der Waals surface area contributed by atoms with Gasteiger partial charge in [-0.15, -0.1) is 0 Å². The number of benzene rings is 1. The van der Waals surface area contributed by atoms with Gasteiger partial charge >= 0.3 is 0 Å². The lowest BCUT2D eigenvalue weighted by molar-refractivity contribution is -0.385. The molecule has 98 valence electrons. The number of nitrogens with zero attached hydrogens (tertiary/aromatic N) is 1. The zero-order valence-corrected chi connectivity index (χ0v) is 10.4. The number of non-ortho nitro benzene ring substituents is 1. The Labute approximate surface area is 106 Å². The molecule has 0 atom stereocenters. The van der Waals surface area contributed by atoms with Gasteiger partial charge in [0.25, 0.3) is 5.69 Å². The lowest BCUT2D eigenvalue weighted by Crippen LogP contribution is -2.08. The molecule has 1 aliphatic rings. The molecule has 0 heterocycles. The Morgan fingerprint density at radius 1 is 1.33 bits per heavy atom. The molecule has 18 heavy (non-hydrogen) atoms. The molecule has 0 unspecified atom stereocenters. The van der Waals surface area contributed by atoms with Gasteiger partial charge in [-0.3, -0.25) is 10.1 Å². The maximum atomic E-state index is 10.7. The molecular formula is C13H17NO4. The number of ether oxygens (including phenoxy) is 2. The number of nitro benzene ring substituents is 1. The molecular weight excluding hydrogens is 234 g/mol. The molecule has 1 aromatic carbocycles. The van der Waals surface area contributed by atoms with Crippen LogP contribution < -0.4 is 9.47 Å². The van der Waals surface area contributed by atoms with Crippen molar-refractivity contribution < 1.29 is 14.4 Å². The van der Waals surface area contributed by atoms with Gasteiger partial charge in [0.2, 0.25) is 0 Å². The predicted molar refractivity (Wildman–Crippen MR) is 67.1 cm³/mol. The summed E-state index contributed by atoms with van der Waals surface area (Å²) in [6.07, 6.45) is 4.86. The van der Waals surface area contributed by atoms with Crippen LogP contribution in [0, 0.1) is 16.0 Å². The van der Waals surface area contributed by atoms with E-state index in [2.05, 4.69) is 0 Å². The Bertz CT molecular complexity index is 427. The third kappa shape index (κ3) is 2.91. The van der Waals surface area contributed by atoms with E-state index in [1.807, 2.05) is 0 Å². The van der Waals surface area contributed by atoms with Crippen molar-refractivity contribution in [2.24, 2.45) is 5.92 Å². The van der Waals surface area contributed by atoms with Gasteiger partial charge in [0, 0.05) is 6.07 Å². The molecule has 2 rings (SSSR count). The van der Waals surface area contributed by atoms with Crippen molar-refractivity contribution in [3.05, 3.63) is 28.3 Å². The number of hydrogen-bond acceptors (Lipinski definition) is 4. The van der Waals surface area contributed by atoms with E-state index >= 15 is 0 Å². The monoisotopic (exact) mass is 251 g/mol. The Morgan fingerprint density at radius 3 is 2.67 bits per heavy atom. The number of nitro groups is 1. The molecule has 0 aliphatic heterocycles. The van der Waals surface area contributed by atoms with Gasteiger partial charge in [-0.25, -0.2) is 0 Å². The quantitative estimate of drug-likeness (QED) is 0.595. The Balaban J connectivity index is 2.08. The van der Waals surface area contributed by atoms with Crippen molar-refractivity contribution in [2.45, 2.75) is 25.7 Å². The molecule has 0 saturated heterocycles. The van der Waals surface area contributed by atoms with Gasteiger partial charge in [-0.05, 0) is 24.8 Å². The largest absolute Gasteiger partial charge is 0.493 e. The highest BCUT2D eigenvalue weighted by Crippen LogP contribution is 2.33. The molecule has 0 spiro atoms. The zero-order valence-electron chi connectivity index (χ0n) is 10.4. The van der Waals surface area contributed by atoms with Crippen LogP contribution in [0.1, 0.15) is 25.7 Å². The number of hydrogen-bond donors (Lipinski definition) is 0. The van der Waals surface area contributed by atoms with Gasteiger partial charge in [0.1, 0.15) is 0 Å². The van der Waals surface area contributed by atoms with E-state index in [0.717, 1.165) is 0 Å².